The fraction of sp³-hybridized carbons (Fsp3) is 0.636. The lowest BCUT2D eigenvalue weighted by molar-refractivity contribution is 0.449. The largest absolute Gasteiger partial charge is 0.465 e. The molecule has 0 amide bonds. The van der Waals surface area contributed by atoms with Crippen molar-refractivity contribution < 1.29 is 4.42 Å². The molecule has 0 radical (unpaired) electrons. The zero-order valence-corrected chi connectivity index (χ0v) is 9.10. The number of hydrogen-bond acceptors (Lipinski definition) is 3. The summed E-state index contributed by atoms with van der Waals surface area (Å²) >= 11 is 0. The lowest BCUT2D eigenvalue weighted by Crippen LogP contribution is -2.26. The minimum absolute atomic E-state index is 0.825. The molecule has 0 aliphatic carbocycles. The highest BCUT2D eigenvalue weighted by Gasteiger charge is 1.98. The quantitative estimate of drug-likeness (QED) is 0.650. The molecule has 1 aromatic rings. The molecule has 1 heterocycles. The Bertz CT molecular complexity index is 245. The van der Waals surface area contributed by atoms with Gasteiger partial charge in [0.2, 0.25) is 0 Å². The average Bonchev–Trinajstić information content (AvgIpc) is 2.65. The number of likely N-dealkylation sites (N-methyl/N-ethyl adjacent to an activating group) is 1. The van der Waals surface area contributed by atoms with E-state index in [0.29, 0.717) is 0 Å². The van der Waals surface area contributed by atoms with E-state index in [-0.39, 0.29) is 0 Å². The van der Waals surface area contributed by atoms with Crippen LogP contribution in [0, 0.1) is 0 Å². The highest BCUT2D eigenvalue weighted by Crippen LogP contribution is 2.07. The number of furan rings is 1. The summed E-state index contributed by atoms with van der Waals surface area (Å²) in [5.74, 6) is 2.09. The lowest BCUT2D eigenvalue weighted by Gasteiger charge is -2.02. The third-order valence-corrected chi connectivity index (χ3v) is 2.09. The van der Waals surface area contributed by atoms with Crippen LogP contribution in [0.2, 0.25) is 0 Å². The smallest absolute Gasteiger partial charge is 0.117 e. The summed E-state index contributed by atoms with van der Waals surface area (Å²) in [5, 5.41) is 6.58. The van der Waals surface area contributed by atoms with Gasteiger partial charge in [0.05, 0.1) is 6.54 Å². The van der Waals surface area contributed by atoms with Crippen molar-refractivity contribution in [3.05, 3.63) is 23.7 Å². The number of rotatable bonds is 7. The van der Waals surface area contributed by atoms with Gasteiger partial charge in [0.25, 0.3) is 0 Å². The van der Waals surface area contributed by atoms with Crippen LogP contribution in [0.25, 0.3) is 0 Å². The van der Waals surface area contributed by atoms with Crippen LogP contribution in [0.5, 0.6) is 0 Å². The molecule has 2 N–H and O–H groups in total. The summed E-state index contributed by atoms with van der Waals surface area (Å²) < 4.78 is 5.56. The van der Waals surface area contributed by atoms with Gasteiger partial charge in [-0.25, -0.2) is 0 Å². The van der Waals surface area contributed by atoms with Gasteiger partial charge in [-0.1, -0.05) is 13.8 Å². The predicted octanol–water partition coefficient (Wildman–Crippen LogP) is 1.54. The molecule has 1 aromatic heterocycles. The standard InChI is InChI=1S/C11H20N2O/c1-3-10-5-6-11(14-10)9-13-8-7-12-4-2/h5-6,12-13H,3-4,7-9H2,1-2H3. The van der Waals surface area contributed by atoms with Gasteiger partial charge < -0.3 is 15.1 Å². The van der Waals surface area contributed by atoms with Gasteiger partial charge in [0.15, 0.2) is 0 Å². The summed E-state index contributed by atoms with van der Waals surface area (Å²) in [7, 11) is 0. The molecule has 0 fully saturated rings. The normalized spacial score (nSPS) is 10.7. The summed E-state index contributed by atoms with van der Waals surface area (Å²) in [5.41, 5.74) is 0. The van der Waals surface area contributed by atoms with E-state index in [1.54, 1.807) is 0 Å². The van der Waals surface area contributed by atoms with Crippen LogP contribution >= 0.6 is 0 Å². The van der Waals surface area contributed by atoms with Gasteiger partial charge >= 0.3 is 0 Å². The number of nitrogens with one attached hydrogen (secondary N) is 2. The van der Waals surface area contributed by atoms with E-state index in [0.717, 1.165) is 44.1 Å². The first-order chi connectivity index (χ1) is 6.86. The van der Waals surface area contributed by atoms with Crippen molar-refractivity contribution in [1.82, 2.24) is 10.6 Å². The van der Waals surface area contributed by atoms with Crippen LogP contribution in [0.1, 0.15) is 25.4 Å². The second-order valence-electron chi connectivity index (χ2n) is 3.25. The maximum absolute atomic E-state index is 5.56. The summed E-state index contributed by atoms with van der Waals surface area (Å²) in [6.07, 6.45) is 0.970. The first-order valence-electron chi connectivity index (χ1n) is 5.35. The Hall–Kier alpha value is -0.800. The van der Waals surface area contributed by atoms with Crippen LogP contribution in [0.4, 0.5) is 0 Å². The molecule has 3 heteroatoms. The Kier molecular flexibility index (Phi) is 5.33. The zero-order valence-electron chi connectivity index (χ0n) is 9.10. The van der Waals surface area contributed by atoms with Crippen LogP contribution < -0.4 is 10.6 Å². The van der Waals surface area contributed by atoms with E-state index in [2.05, 4.69) is 24.5 Å². The van der Waals surface area contributed by atoms with Gasteiger partial charge in [-0.3, -0.25) is 0 Å². The summed E-state index contributed by atoms with van der Waals surface area (Å²) in [4.78, 5) is 0. The lowest BCUT2D eigenvalue weighted by atomic mass is 10.3. The van der Waals surface area contributed by atoms with Crippen molar-refractivity contribution in [3.8, 4) is 0 Å². The van der Waals surface area contributed by atoms with E-state index in [1.807, 2.05) is 12.1 Å². The van der Waals surface area contributed by atoms with Crippen molar-refractivity contribution in [3.63, 3.8) is 0 Å². The molecule has 0 aliphatic heterocycles. The summed E-state index contributed by atoms with van der Waals surface area (Å²) in [6, 6.07) is 4.08. The van der Waals surface area contributed by atoms with E-state index < -0.39 is 0 Å². The molecule has 0 aliphatic rings. The average molecular weight is 196 g/mol. The molecule has 3 nitrogen and oxygen atoms in total. The van der Waals surface area contributed by atoms with Gasteiger partial charge in [-0.15, -0.1) is 0 Å². The van der Waals surface area contributed by atoms with Crippen LogP contribution in [-0.2, 0) is 13.0 Å². The molecule has 0 saturated heterocycles. The second kappa shape index (κ2) is 6.62. The van der Waals surface area contributed by atoms with Crippen molar-refractivity contribution >= 4 is 0 Å². The van der Waals surface area contributed by atoms with Crippen molar-refractivity contribution in [2.45, 2.75) is 26.8 Å². The van der Waals surface area contributed by atoms with Crippen LogP contribution in [0.3, 0.4) is 0 Å². The molecule has 0 saturated carbocycles. The molecule has 1 rings (SSSR count). The first-order valence-corrected chi connectivity index (χ1v) is 5.35. The van der Waals surface area contributed by atoms with E-state index in [1.165, 1.54) is 0 Å². The van der Waals surface area contributed by atoms with Gasteiger partial charge in [0.1, 0.15) is 11.5 Å². The monoisotopic (exact) mass is 196 g/mol. The maximum Gasteiger partial charge on any atom is 0.117 e. The molecule has 0 aromatic carbocycles. The topological polar surface area (TPSA) is 37.2 Å². The van der Waals surface area contributed by atoms with Crippen molar-refractivity contribution in [1.29, 1.82) is 0 Å². The van der Waals surface area contributed by atoms with Crippen LogP contribution in [-0.4, -0.2) is 19.6 Å². The van der Waals surface area contributed by atoms with Crippen LogP contribution in [0.15, 0.2) is 16.5 Å². The minimum atomic E-state index is 0.825. The first kappa shape index (κ1) is 11.3. The summed E-state index contributed by atoms with van der Waals surface area (Å²) in [6.45, 7) is 8.06. The van der Waals surface area contributed by atoms with E-state index in [9.17, 15) is 0 Å². The van der Waals surface area contributed by atoms with Crippen molar-refractivity contribution in [2.24, 2.45) is 0 Å². The fourth-order valence-electron chi connectivity index (χ4n) is 1.27. The van der Waals surface area contributed by atoms with Gasteiger partial charge in [0, 0.05) is 19.5 Å². The fourth-order valence-corrected chi connectivity index (χ4v) is 1.27. The molecule has 0 spiro atoms. The Morgan fingerprint density at radius 1 is 1.07 bits per heavy atom. The third kappa shape index (κ3) is 3.94. The molecule has 0 unspecified atom stereocenters. The van der Waals surface area contributed by atoms with Gasteiger partial charge in [-0.2, -0.15) is 0 Å². The predicted molar refractivity (Wildman–Crippen MR) is 58.3 cm³/mol. The molecule has 0 bridgehead atoms. The highest BCUT2D eigenvalue weighted by atomic mass is 16.3. The molecule has 0 atom stereocenters. The highest BCUT2D eigenvalue weighted by molar-refractivity contribution is 5.06. The zero-order chi connectivity index (χ0) is 10.2. The van der Waals surface area contributed by atoms with E-state index >= 15 is 0 Å². The minimum Gasteiger partial charge on any atom is -0.465 e. The SMILES string of the molecule is CCNCCNCc1ccc(CC)o1. The Morgan fingerprint density at radius 2 is 1.79 bits per heavy atom. The Labute approximate surface area is 85.9 Å². The number of aryl methyl sites for hydroxylation is 1. The molecular weight excluding hydrogens is 176 g/mol. The maximum atomic E-state index is 5.56. The van der Waals surface area contributed by atoms with Gasteiger partial charge in [-0.05, 0) is 18.7 Å². The van der Waals surface area contributed by atoms with E-state index in [4.69, 9.17) is 4.42 Å². The second-order valence-corrected chi connectivity index (χ2v) is 3.25. The third-order valence-electron chi connectivity index (χ3n) is 2.09. The molecule has 14 heavy (non-hydrogen) atoms. The molecular formula is C11H20N2O. The van der Waals surface area contributed by atoms with Crippen molar-refractivity contribution in [2.75, 3.05) is 19.6 Å². The Morgan fingerprint density at radius 3 is 2.43 bits per heavy atom. The molecule has 80 valence electrons. The number of hydrogen-bond donors (Lipinski definition) is 2. The Balaban J connectivity index is 2.12.